The Kier molecular flexibility index (Phi) is 6.30. The van der Waals surface area contributed by atoms with Crippen molar-refractivity contribution in [3.05, 3.63) is 35.9 Å². The van der Waals surface area contributed by atoms with Gasteiger partial charge in [0.15, 0.2) is 0 Å². The minimum absolute atomic E-state index is 0.751. The molecule has 0 amide bonds. The fourth-order valence-corrected chi connectivity index (χ4v) is 2.94. The average Bonchev–Trinajstić information content (AvgIpc) is 2.48. The highest BCUT2D eigenvalue weighted by Gasteiger charge is 2.07. The van der Waals surface area contributed by atoms with Gasteiger partial charge in [-0.2, -0.15) is 0 Å². The number of nitrogens with zero attached hydrogens (tertiary/aromatic N) is 1. The van der Waals surface area contributed by atoms with Crippen molar-refractivity contribution in [1.29, 1.82) is 0 Å². The molecule has 20 heavy (non-hydrogen) atoms. The number of nitrogens with one attached hydrogen (secondary N) is 1. The first-order valence-corrected chi connectivity index (χ1v) is 8.05. The molecule has 0 unspecified atom stereocenters. The number of thioether (sulfide) groups is 1. The molecule has 0 fully saturated rings. The van der Waals surface area contributed by atoms with Crippen LogP contribution in [0.15, 0.2) is 35.4 Å². The van der Waals surface area contributed by atoms with Gasteiger partial charge in [0, 0.05) is 24.8 Å². The summed E-state index contributed by atoms with van der Waals surface area (Å²) >= 11 is 1.77. The van der Waals surface area contributed by atoms with Crippen molar-refractivity contribution in [3.63, 3.8) is 0 Å². The van der Waals surface area contributed by atoms with Crippen LogP contribution < -0.4 is 5.32 Å². The first-order valence-electron chi connectivity index (χ1n) is 7.06. The molecule has 0 atom stereocenters. The van der Waals surface area contributed by atoms with Crippen molar-refractivity contribution < 1.29 is 4.74 Å². The Morgan fingerprint density at radius 1 is 1.30 bits per heavy atom. The van der Waals surface area contributed by atoms with Crippen LogP contribution in [0, 0.1) is 0 Å². The van der Waals surface area contributed by atoms with Gasteiger partial charge in [-0.15, -0.1) is 11.8 Å². The molecule has 0 aliphatic carbocycles. The zero-order valence-corrected chi connectivity index (χ0v) is 13.0. The molecule has 0 aliphatic rings. The summed E-state index contributed by atoms with van der Waals surface area (Å²) in [5.74, 6) is 0.933. The summed E-state index contributed by atoms with van der Waals surface area (Å²) in [4.78, 5) is 4.79. The monoisotopic (exact) mass is 290 g/mol. The average molecular weight is 290 g/mol. The number of pyridine rings is 1. The maximum Gasteiger partial charge on any atom is 0.101 e. The summed E-state index contributed by atoms with van der Waals surface area (Å²) < 4.78 is 5.13. The molecule has 2 rings (SSSR count). The number of methoxy groups -OCH3 is 1. The summed E-state index contributed by atoms with van der Waals surface area (Å²) in [6, 6.07) is 10.5. The van der Waals surface area contributed by atoms with Crippen LogP contribution in [0.4, 0.5) is 0 Å². The standard InChI is InChI=1S/C16H22N2OS/c1-3-8-17-12-14-11-13-6-4-5-7-15(13)18-16(14)20-10-9-19-2/h4-7,11,17H,3,8-10,12H2,1-2H3. The van der Waals surface area contributed by atoms with Crippen LogP contribution >= 0.6 is 11.8 Å². The quantitative estimate of drug-likeness (QED) is 0.596. The van der Waals surface area contributed by atoms with Gasteiger partial charge in [0.25, 0.3) is 0 Å². The third kappa shape index (κ3) is 4.20. The van der Waals surface area contributed by atoms with E-state index in [1.165, 1.54) is 10.9 Å². The van der Waals surface area contributed by atoms with E-state index in [0.717, 1.165) is 42.4 Å². The van der Waals surface area contributed by atoms with Crippen LogP contribution in [-0.2, 0) is 11.3 Å². The number of ether oxygens (including phenoxy) is 1. The van der Waals surface area contributed by atoms with Crippen molar-refractivity contribution in [2.45, 2.75) is 24.9 Å². The topological polar surface area (TPSA) is 34.2 Å². The molecule has 1 heterocycles. The van der Waals surface area contributed by atoms with E-state index in [-0.39, 0.29) is 0 Å². The maximum absolute atomic E-state index is 5.13. The number of benzene rings is 1. The highest BCUT2D eigenvalue weighted by molar-refractivity contribution is 7.99. The Balaban J connectivity index is 2.21. The molecule has 0 saturated carbocycles. The van der Waals surface area contributed by atoms with Crippen LogP contribution in [-0.4, -0.2) is 31.0 Å². The van der Waals surface area contributed by atoms with Gasteiger partial charge in [-0.1, -0.05) is 25.1 Å². The van der Waals surface area contributed by atoms with Gasteiger partial charge in [-0.25, -0.2) is 4.98 Å². The summed E-state index contributed by atoms with van der Waals surface area (Å²) in [5.41, 5.74) is 2.34. The third-order valence-corrected chi connectivity index (χ3v) is 4.03. The highest BCUT2D eigenvalue weighted by atomic mass is 32.2. The molecule has 0 bridgehead atoms. The van der Waals surface area contributed by atoms with E-state index in [1.54, 1.807) is 18.9 Å². The summed E-state index contributed by atoms with van der Waals surface area (Å²) in [7, 11) is 1.73. The van der Waals surface area contributed by atoms with Crippen molar-refractivity contribution >= 4 is 22.7 Å². The Hall–Kier alpha value is -1.10. The van der Waals surface area contributed by atoms with Gasteiger partial charge in [-0.3, -0.25) is 0 Å². The predicted molar refractivity (Wildman–Crippen MR) is 86.3 cm³/mol. The first-order chi connectivity index (χ1) is 9.85. The van der Waals surface area contributed by atoms with Crippen molar-refractivity contribution in [2.75, 3.05) is 26.0 Å². The minimum Gasteiger partial charge on any atom is -0.384 e. The van der Waals surface area contributed by atoms with E-state index >= 15 is 0 Å². The van der Waals surface area contributed by atoms with Gasteiger partial charge in [0.2, 0.25) is 0 Å². The van der Waals surface area contributed by atoms with Crippen LogP contribution in [0.1, 0.15) is 18.9 Å². The van der Waals surface area contributed by atoms with Crippen LogP contribution in [0.5, 0.6) is 0 Å². The number of hydrogen-bond donors (Lipinski definition) is 1. The van der Waals surface area contributed by atoms with Crippen molar-refractivity contribution in [1.82, 2.24) is 10.3 Å². The van der Waals surface area contributed by atoms with Gasteiger partial charge in [0.1, 0.15) is 5.03 Å². The Morgan fingerprint density at radius 3 is 2.95 bits per heavy atom. The molecule has 2 aromatic rings. The maximum atomic E-state index is 5.13. The molecular formula is C16H22N2OS. The largest absolute Gasteiger partial charge is 0.384 e. The molecule has 3 nitrogen and oxygen atoms in total. The lowest BCUT2D eigenvalue weighted by Gasteiger charge is -2.11. The van der Waals surface area contributed by atoms with E-state index in [2.05, 4.69) is 36.5 Å². The molecule has 1 N–H and O–H groups in total. The SMILES string of the molecule is CCCNCc1cc2ccccc2nc1SCCOC. The minimum atomic E-state index is 0.751. The number of para-hydroxylation sites is 1. The number of fused-ring (bicyclic) bond motifs is 1. The second-order valence-electron chi connectivity index (χ2n) is 4.66. The Labute approximate surface area is 125 Å². The second kappa shape index (κ2) is 8.25. The predicted octanol–water partition coefficient (Wildman–Crippen LogP) is 3.47. The number of rotatable bonds is 8. The smallest absolute Gasteiger partial charge is 0.101 e. The summed E-state index contributed by atoms with van der Waals surface area (Å²) in [6.07, 6.45) is 1.15. The van der Waals surface area contributed by atoms with Crippen LogP contribution in [0.3, 0.4) is 0 Å². The van der Waals surface area contributed by atoms with Gasteiger partial charge >= 0.3 is 0 Å². The molecule has 1 aromatic carbocycles. The Morgan fingerprint density at radius 2 is 2.15 bits per heavy atom. The van der Waals surface area contributed by atoms with Gasteiger partial charge in [0.05, 0.1) is 12.1 Å². The normalized spacial score (nSPS) is 11.1. The Bertz CT molecular complexity index is 496. The van der Waals surface area contributed by atoms with Gasteiger partial charge in [-0.05, 0) is 30.7 Å². The molecule has 0 spiro atoms. The number of aromatic nitrogens is 1. The molecule has 0 saturated heterocycles. The van der Waals surface area contributed by atoms with E-state index in [1.807, 2.05) is 6.07 Å². The zero-order chi connectivity index (χ0) is 14.2. The third-order valence-electron chi connectivity index (χ3n) is 3.03. The first kappa shape index (κ1) is 15.3. The van der Waals surface area contributed by atoms with Crippen LogP contribution in [0.2, 0.25) is 0 Å². The molecular weight excluding hydrogens is 268 g/mol. The molecule has 108 valence electrons. The molecule has 0 aliphatic heterocycles. The fourth-order valence-electron chi connectivity index (χ4n) is 2.02. The highest BCUT2D eigenvalue weighted by Crippen LogP contribution is 2.24. The van der Waals surface area contributed by atoms with E-state index < -0.39 is 0 Å². The van der Waals surface area contributed by atoms with E-state index in [0.29, 0.717) is 0 Å². The summed E-state index contributed by atoms with van der Waals surface area (Å²) in [5, 5.41) is 5.78. The van der Waals surface area contributed by atoms with E-state index in [4.69, 9.17) is 9.72 Å². The summed E-state index contributed by atoms with van der Waals surface area (Å²) in [6.45, 7) is 4.84. The number of hydrogen-bond acceptors (Lipinski definition) is 4. The zero-order valence-electron chi connectivity index (χ0n) is 12.2. The van der Waals surface area contributed by atoms with E-state index in [9.17, 15) is 0 Å². The van der Waals surface area contributed by atoms with Gasteiger partial charge < -0.3 is 10.1 Å². The molecule has 4 heteroatoms. The lowest BCUT2D eigenvalue weighted by atomic mass is 10.1. The second-order valence-corrected chi connectivity index (χ2v) is 5.75. The van der Waals surface area contributed by atoms with Crippen molar-refractivity contribution in [2.24, 2.45) is 0 Å². The van der Waals surface area contributed by atoms with Crippen molar-refractivity contribution in [3.8, 4) is 0 Å². The molecule has 0 radical (unpaired) electrons. The lowest BCUT2D eigenvalue weighted by molar-refractivity contribution is 0.218. The van der Waals surface area contributed by atoms with Crippen LogP contribution in [0.25, 0.3) is 10.9 Å². The molecule has 1 aromatic heterocycles. The lowest BCUT2D eigenvalue weighted by Crippen LogP contribution is -2.15. The fraction of sp³-hybridized carbons (Fsp3) is 0.438.